The van der Waals surface area contributed by atoms with Gasteiger partial charge in [0, 0.05) is 6.04 Å². The van der Waals surface area contributed by atoms with Crippen molar-refractivity contribution in [1.29, 1.82) is 0 Å². The van der Waals surface area contributed by atoms with E-state index in [0.717, 1.165) is 11.4 Å². The fourth-order valence-electron chi connectivity index (χ4n) is 1.76. The molecule has 0 saturated heterocycles. The standard InChI is InChI=1S/C12H19N3O2/c1-7(2)15-10(5)12(9(4)14-15)13-11(17)6-8(3)16/h7H,6H2,1-5H3,(H,13,17). The SMILES string of the molecule is CC(=O)CC(=O)Nc1c(C)nn(C(C)C)c1C. The summed E-state index contributed by atoms with van der Waals surface area (Å²) in [6, 6.07) is 0.243. The Morgan fingerprint density at radius 2 is 1.94 bits per heavy atom. The van der Waals surface area contributed by atoms with Gasteiger partial charge in [-0.3, -0.25) is 14.3 Å². The average Bonchev–Trinajstić information content (AvgIpc) is 2.44. The smallest absolute Gasteiger partial charge is 0.231 e. The van der Waals surface area contributed by atoms with Gasteiger partial charge in [-0.2, -0.15) is 5.10 Å². The van der Waals surface area contributed by atoms with E-state index in [2.05, 4.69) is 10.4 Å². The normalized spacial score (nSPS) is 10.7. The van der Waals surface area contributed by atoms with Crippen molar-refractivity contribution in [3.63, 3.8) is 0 Å². The van der Waals surface area contributed by atoms with Crippen LogP contribution in [-0.4, -0.2) is 21.5 Å². The van der Waals surface area contributed by atoms with Gasteiger partial charge in [-0.15, -0.1) is 0 Å². The minimum atomic E-state index is -0.285. The van der Waals surface area contributed by atoms with Gasteiger partial charge in [-0.1, -0.05) is 0 Å². The van der Waals surface area contributed by atoms with Gasteiger partial charge in [0.25, 0.3) is 0 Å². The molecule has 1 aromatic heterocycles. The molecular weight excluding hydrogens is 218 g/mol. The highest BCUT2D eigenvalue weighted by Gasteiger charge is 2.16. The molecule has 1 amide bonds. The molecular formula is C12H19N3O2. The predicted octanol–water partition coefficient (Wildman–Crippen LogP) is 2.00. The summed E-state index contributed by atoms with van der Waals surface area (Å²) in [5.74, 6) is -0.430. The zero-order chi connectivity index (χ0) is 13.2. The lowest BCUT2D eigenvalue weighted by Gasteiger charge is -2.09. The first kappa shape index (κ1) is 13.4. The molecule has 0 radical (unpaired) electrons. The summed E-state index contributed by atoms with van der Waals surface area (Å²) in [6.07, 6.45) is -0.0915. The number of nitrogens with zero attached hydrogens (tertiary/aromatic N) is 2. The second-order valence-electron chi connectivity index (χ2n) is 4.51. The second-order valence-corrected chi connectivity index (χ2v) is 4.51. The lowest BCUT2D eigenvalue weighted by atomic mass is 10.2. The van der Waals surface area contributed by atoms with Crippen molar-refractivity contribution in [2.45, 2.75) is 47.1 Å². The van der Waals surface area contributed by atoms with E-state index in [9.17, 15) is 9.59 Å². The van der Waals surface area contributed by atoms with Gasteiger partial charge in [0.1, 0.15) is 5.78 Å². The highest BCUT2D eigenvalue weighted by Crippen LogP contribution is 2.22. The number of Topliss-reactive ketones (excluding diaryl/α,β-unsaturated/α-hetero) is 1. The van der Waals surface area contributed by atoms with E-state index >= 15 is 0 Å². The molecule has 1 rings (SSSR count). The molecule has 1 heterocycles. The van der Waals surface area contributed by atoms with E-state index in [1.807, 2.05) is 32.4 Å². The third-order valence-electron chi connectivity index (χ3n) is 2.49. The van der Waals surface area contributed by atoms with E-state index in [-0.39, 0.29) is 24.2 Å². The third kappa shape index (κ3) is 3.15. The lowest BCUT2D eigenvalue weighted by molar-refractivity contribution is -0.124. The van der Waals surface area contributed by atoms with Gasteiger partial charge >= 0.3 is 0 Å². The van der Waals surface area contributed by atoms with Crippen LogP contribution >= 0.6 is 0 Å². The van der Waals surface area contributed by atoms with Crippen LogP contribution in [0.1, 0.15) is 44.6 Å². The van der Waals surface area contributed by atoms with Gasteiger partial charge in [-0.25, -0.2) is 0 Å². The Balaban J connectivity index is 2.92. The van der Waals surface area contributed by atoms with Crippen molar-refractivity contribution in [2.24, 2.45) is 0 Å². The molecule has 0 aliphatic heterocycles. The highest BCUT2D eigenvalue weighted by molar-refractivity contribution is 6.03. The van der Waals surface area contributed by atoms with E-state index in [0.29, 0.717) is 5.69 Å². The van der Waals surface area contributed by atoms with E-state index in [1.165, 1.54) is 6.92 Å². The van der Waals surface area contributed by atoms with Crippen LogP contribution in [0, 0.1) is 13.8 Å². The van der Waals surface area contributed by atoms with Crippen LogP contribution in [0.15, 0.2) is 0 Å². The Bertz CT molecular complexity index is 447. The van der Waals surface area contributed by atoms with Crippen LogP contribution in [-0.2, 0) is 9.59 Å². The second kappa shape index (κ2) is 5.12. The number of amides is 1. The molecule has 94 valence electrons. The fourth-order valence-corrected chi connectivity index (χ4v) is 1.76. The van der Waals surface area contributed by atoms with Gasteiger partial charge in [0.15, 0.2) is 0 Å². The molecule has 0 aliphatic carbocycles. The summed E-state index contributed by atoms with van der Waals surface area (Å²) >= 11 is 0. The summed E-state index contributed by atoms with van der Waals surface area (Å²) in [5.41, 5.74) is 2.40. The average molecular weight is 237 g/mol. The van der Waals surface area contributed by atoms with Crippen molar-refractivity contribution >= 4 is 17.4 Å². The van der Waals surface area contributed by atoms with Crippen LogP contribution in [0.4, 0.5) is 5.69 Å². The first-order chi connectivity index (χ1) is 7.82. The van der Waals surface area contributed by atoms with Crippen LogP contribution in [0.2, 0.25) is 0 Å². The zero-order valence-corrected chi connectivity index (χ0v) is 11.0. The Hall–Kier alpha value is -1.65. The number of anilines is 1. The molecule has 0 aliphatic rings. The lowest BCUT2D eigenvalue weighted by Crippen LogP contribution is -2.16. The zero-order valence-electron chi connectivity index (χ0n) is 11.0. The summed E-state index contributed by atoms with van der Waals surface area (Å²) < 4.78 is 1.86. The largest absolute Gasteiger partial charge is 0.323 e. The minimum Gasteiger partial charge on any atom is -0.323 e. The number of hydrogen-bond acceptors (Lipinski definition) is 3. The van der Waals surface area contributed by atoms with Crippen molar-refractivity contribution in [2.75, 3.05) is 5.32 Å². The van der Waals surface area contributed by atoms with Crippen molar-refractivity contribution < 1.29 is 9.59 Å². The van der Waals surface area contributed by atoms with Gasteiger partial charge in [0.05, 0.1) is 23.5 Å². The van der Waals surface area contributed by atoms with Gasteiger partial charge in [0.2, 0.25) is 5.91 Å². The maximum absolute atomic E-state index is 11.5. The van der Waals surface area contributed by atoms with Crippen LogP contribution < -0.4 is 5.32 Å². The Morgan fingerprint density at radius 1 is 1.35 bits per heavy atom. The van der Waals surface area contributed by atoms with Crippen LogP contribution in [0.3, 0.4) is 0 Å². The molecule has 0 fully saturated rings. The molecule has 5 heteroatoms. The van der Waals surface area contributed by atoms with Gasteiger partial charge < -0.3 is 5.32 Å². The molecule has 0 unspecified atom stereocenters. The fraction of sp³-hybridized carbons (Fsp3) is 0.583. The number of hydrogen-bond donors (Lipinski definition) is 1. The molecule has 0 aromatic carbocycles. The number of carbonyl (C=O) groups excluding carboxylic acids is 2. The molecule has 1 N–H and O–H groups in total. The Labute approximate surface area is 101 Å². The van der Waals surface area contributed by atoms with Crippen LogP contribution in [0.25, 0.3) is 0 Å². The Morgan fingerprint density at radius 3 is 2.35 bits per heavy atom. The highest BCUT2D eigenvalue weighted by atomic mass is 16.2. The molecule has 0 atom stereocenters. The molecule has 0 saturated carbocycles. The Kier molecular flexibility index (Phi) is 4.04. The molecule has 0 bridgehead atoms. The number of aryl methyl sites for hydroxylation is 1. The third-order valence-corrected chi connectivity index (χ3v) is 2.49. The topological polar surface area (TPSA) is 64.0 Å². The summed E-state index contributed by atoms with van der Waals surface area (Å²) in [6.45, 7) is 9.21. The maximum atomic E-state index is 11.5. The quantitative estimate of drug-likeness (QED) is 0.814. The number of nitrogens with one attached hydrogen (secondary N) is 1. The number of aromatic nitrogens is 2. The first-order valence-electron chi connectivity index (χ1n) is 5.68. The first-order valence-corrected chi connectivity index (χ1v) is 5.68. The number of carbonyl (C=O) groups is 2. The van der Waals surface area contributed by atoms with E-state index < -0.39 is 0 Å². The minimum absolute atomic E-state index is 0.0915. The van der Waals surface area contributed by atoms with Gasteiger partial charge in [-0.05, 0) is 34.6 Å². The van der Waals surface area contributed by atoms with Crippen molar-refractivity contribution in [3.8, 4) is 0 Å². The monoisotopic (exact) mass is 237 g/mol. The van der Waals surface area contributed by atoms with E-state index in [1.54, 1.807) is 0 Å². The molecule has 0 spiro atoms. The van der Waals surface area contributed by atoms with Crippen molar-refractivity contribution in [3.05, 3.63) is 11.4 Å². The summed E-state index contributed by atoms with van der Waals surface area (Å²) in [7, 11) is 0. The maximum Gasteiger partial charge on any atom is 0.231 e. The number of ketones is 1. The summed E-state index contributed by atoms with van der Waals surface area (Å²) in [5, 5.41) is 7.10. The molecule has 17 heavy (non-hydrogen) atoms. The summed E-state index contributed by atoms with van der Waals surface area (Å²) in [4.78, 5) is 22.4. The number of rotatable bonds is 4. The molecule has 5 nitrogen and oxygen atoms in total. The predicted molar refractivity (Wildman–Crippen MR) is 66.0 cm³/mol. The molecule has 1 aromatic rings. The van der Waals surface area contributed by atoms with Crippen molar-refractivity contribution in [1.82, 2.24) is 9.78 Å². The van der Waals surface area contributed by atoms with Crippen LogP contribution in [0.5, 0.6) is 0 Å². The van der Waals surface area contributed by atoms with E-state index in [4.69, 9.17) is 0 Å².